The van der Waals surface area contributed by atoms with Gasteiger partial charge < -0.3 is 4.74 Å². The molecule has 0 aliphatic carbocycles. The Bertz CT molecular complexity index is 94.8. The lowest BCUT2D eigenvalue weighted by Crippen LogP contribution is -2.01. The second kappa shape index (κ2) is 14.2. The Labute approximate surface area is 106 Å². The van der Waals surface area contributed by atoms with E-state index in [0.717, 1.165) is 54.4 Å². The highest BCUT2D eigenvalue weighted by Crippen LogP contribution is 2.04. The summed E-state index contributed by atoms with van der Waals surface area (Å²) in [7, 11) is 0. The van der Waals surface area contributed by atoms with E-state index in [1.54, 1.807) is 0 Å². The van der Waals surface area contributed by atoms with E-state index in [9.17, 15) is 0 Å². The van der Waals surface area contributed by atoms with Gasteiger partial charge in [-0.15, -0.1) is 23.2 Å². The van der Waals surface area contributed by atoms with Crippen LogP contribution >= 0.6 is 46.7 Å². The Morgan fingerprint density at radius 2 is 1.43 bits per heavy atom. The summed E-state index contributed by atoms with van der Waals surface area (Å²) in [5, 5.41) is 0. The van der Waals surface area contributed by atoms with Crippen LogP contribution < -0.4 is 0 Å². The van der Waals surface area contributed by atoms with Gasteiger partial charge in [-0.1, -0.05) is 0 Å². The van der Waals surface area contributed by atoms with Crippen molar-refractivity contribution in [3.8, 4) is 0 Å². The van der Waals surface area contributed by atoms with E-state index < -0.39 is 0 Å². The zero-order chi connectivity index (χ0) is 10.5. The average Bonchev–Trinajstić information content (AvgIpc) is 2.21. The lowest BCUT2D eigenvalue weighted by molar-refractivity contribution is 0.151. The predicted octanol–water partition coefficient (Wildman–Crippen LogP) is 3.34. The number of rotatable bonds is 11. The van der Waals surface area contributed by atoms with Crippen LogP contribution in [0.2, 0.25) is 0 Å². The maximum Gasteiger partial charge on any atom is 0.0556 e. The van der Waals surface area contributed by atoms with E-state index in [4.69, 9.17) is 27.9 Å². The van der Waals surface area contributed by atoms with E-state index in [1.165, 1.54) is 0 Å². The molecule has 0 aromatic rings. The minimum atomic E-state index is 0.736. The molecule has 0 aromatic carbocycles. The zero-order valence-electron chi connectivity index (χ0n) is 8.34. The fourth-order valence-electron chi connectivity index (χ4n) is 0.796. The minimum absolute atomic E-state index is 0.736. The summed E-state index contributed by atoms with van der Waals surface area (Å²) in [6, 6.07) is 0. The summed E-state index contributed by atoms with van der Waals surface area (Å²) in [5.74, 6) is 5.77. The molecular formula is C9H18Cl2OS2. The standard InChI is InChI=1S/C9H18Cl2OS2/c10-2-7-13-6-1-4-12-5-9-14-8-3-11/h1-9H2. The summed E-state index contributed by atoms with van der Waals surface area (Å²) in [4.78, 5) is 0. The quantitative estimate of drug-likeness (QED) is 0.423. The third-order valence-corrected chi connectivity index (χ3v) is 4.24. The fourth-order valence-corrected chi connectivity index (χ4v) is 2.63. The SMILES string of the molecule is ClCCSCCCOCCSCCCl. The van der Waals surface area contributed by atoms with E-state index in [1.807, 2.05) is 23.5 Å². The van der Waals surface area contributed by atoms with Crippen LogP contribution in [-0.2, 0) is 4.74 Å². The smallest absolute Gasteiger partial charge is 0.0556 e. The van der Waals surface area contributed by atoms with Crippen molar-refractivity contribution in [1.82, 2.24) is 0 Å². The van der Waals surface area contributed by atoms with Crippen LogP contribution in [0.15, 0.2) is 0 Å². The molecule has 0 radical (unpaired) electrons. The first-order valence-electron chi connectivity index (χ1n) is 4.77. The van der Waals surface area contributed by atoms with E-state index in [0.29, 0.717) is 0 Å². The van der Waals surface area contributed by atoms with Crippen molar-refractivity contribution >= 4 is 46.7 Å². The van der Waals surface area contributed by atoms with Gasteiger partial charge in [-0.25, -0.2) is 0 Å². The second-order valence-corrected chi connectivity index (χ2v) is 5.77. The molecule has 0 heterocycles. The maximum atomic E-state index is 5.55. The lowest BCUT2D eigenvalue weighted by atomic mass is 10.5. The molecule has 0 fully saturated rings. The molecule has 0 atom stereocenters. The van der Waals surface area contributed by atoms with Crippen molar-refractivity contribution in [2.24, 2.45) is 0 Å². The summed E-state index contributed by atoms with van der Waals surface area (Å²) < 4.78 is 5.45. The van der Waals surface area contributed by atoms with Gasteiger partial charge in [-0.05, 0) is 12.2 Å². The van der Waals surface area contributed by atoms with E-state index >= 15 is 0 Å². The molecule has 14 heavy (non-hydrogen) atoms. The van der Waals surface area contributed by atoms with Crippen molar-refractivity contribution in [3.63, 3.8) is 0 Å². The van der Waals surface area contributed by atoms with Crippen LogP contribution in [0, 0.1) is 0 Å². The van der Waals surface area contributed by atoms with Gasteiger partial charge in [-0.3, -0.25) is 0 Å². The highest BCUT2D eigenvalue weighted by molar-refractivity contribution is 7.99. The zero-order valence-corrected chi connectivity index (χ0v) is 11.5. The summed E-state index contributed by atoms with van der Waals surface area (Å²) in [6.45, 7) is 1.72. The average molecular weight is 277 g/mol. The van der Waals surface area contributed by atoms with Gasteiger partial charge >= 0.3 is 0 Å². The molecule has 0 aliphatic rings. The fraction of sp³-hybridized carbons (Fsp3) is 1.00. The molecule has 0 aromatic heterocycles. The molecule has 0 amide bonds. The highest BCUT2D eigenvalue weighted by Gasteiger charge is 1.91. The Hall–Kier alpha value is 1.24. The second-order valence-electron chi connectivity index (χ2n) is 2.57. The number of hydrogen-bond acceptors (Lipinski definition) is 3. The molecule has 0 spiro atoms. The molecule has 0 N–H and O–H groups in total. The van der Waals surface area contributed by atoms with E-state index in [-0.39, 0.29) is 0 Å². The molecular weight excluding hydrogens is 259 g/mol. The molecule has 5 heteroatoms. The molecule has 0 unspecified atom stereocenters. The lowest BCUT2D eigenvalue weighted by Gasteiger charge is -2.03. The van der Waals surface area contributed by atoms with Gasteiger partial charge in [0.15, 0.2) is 0 Å². The molecule has 0 rings (SSSR count). The van der Waals surface area contributed by atoms with Crippen molar-refractivity contribution in [1.29, 1.82) is 0 Å². The third kappa shape index (κ3) is 13.2. The summed E-state index contributed by atoms with van der Waals surface area (Å²) >= 11 is 14.8. The number of thioether (sulfide) groups is 2. The van der Waals surface area contributed by atoms with Crippen LogP contribution in [-0.4, -0.2) is 48.0 Å². The van der Waals surface area contributed by atoms with Crippen molar-refractivity contribution in [2.75, 3.05) is 48.0 Å². The van der Waals surface area contributed by atoms with Gasteiger partial charge in [0.1, 0.15) is 0 Å². The summed E-state index contributed by atoms with van der Waals surface area (Å²) in [6.07, 6.45) is 1.13. The first-order chi connectivity index (χ1) is 6.91. The topological polar surface area (TPSA) is 9.23 Å². The van der Waals surface area contributed by atoms with Crippen molar-refractivity contribution in [2.45, 2.75) is 6.42 Å². The van der Waals surface area contributed by atoms with Crippen LogP contribution in [0.25, 0.3) is 0 Å². The van der Waals surface area contributed by atoms with Gasteiger partial charge in [-0.2, -0.15) is 23.5 Å². The van der Waals surface area contributed by atoms with Crippen molar-refractivity contribution in [3.05, 3.63) is 0 Å². The van der Waals surface area contributed by atoms with Gasteiger partial charge in [0, 0.05) is 35.6 Å². The van der Waals surface area contributed by atoms with Gasteiger partial charge in [0.25, 0.3) is 0 Å². The van der Waals surface area contributed by atoms with E-state index in [2.05, 4.69) is 0 Å². The normalized spacial score (nSPS) is 10.7. The number of ether oxygens (including phenoxy) is 1. The Morgan fingerprint density at radius 3 is 2.07 bits per heavy atom. The Morgan fingerprint density at radius 1 is 0.786 bits per heavy atom. The van der Waals surface area contributed by atoms with Crippen molar-refractivity contribution < 1.29 is 4.74 Å². The Balaban J connectivity index is 2.78. The van der Waals surface area contributed by atoms with Crippen LogP contribution in [0.5, 0.6) is 0 Å². The minimum Gasteiger partial charge on any atom is -0.381 e. The van der Waals surface area contributed by atoms with Crippen LogP contribution in [0.1, 0.15) is 6.42 Å². The number of hydrogen-bond donors (Lipinski definition) is 0. The molecule has 0 aliphatic heterocycles. The first kappa shape index (κ1) is 15.2. The maximum absolute atomic E-state index is 5.55. The van der Waals surface area contributed by atoms with Gasteiger partial charge in [0.05, 0.1) is 6.61 Å². The Kier molecular flexibility index (Phi) is 15.5. The first-order valence-corrected chi connectivity index (χ1v) is 8.15. The molecule has 86 valence electrons. The highest BCUT2D eigenvalue weighted by atomic mass is 35.5. The largest absolute Gasteiger partial charge is 0.381 e. The molecule has 0 saturated carbocycles. The molecule has 0 bridgehead atoms. The predicted molar refractivity (Wildman–Crippen MR) is 71.5 cm³/mol. The number of halogens is 2. The van der Waals surface area contributed by atoms with Gasteiger partial charge in [0.2, 0.25) is 0 Å². The summed E-state index contributed by atoms with van der Waals surface area (Å²) in [5.41, 5.74) is 0. The third-order valence-electron chi connectivity index (χ3n) is 1.39. The molecule has 0 saturated heterocycles. The number of alkyl halides is 2. The van der Waals surface area contributed by atoms with Crippen LogP contribution in [0.4, 0.5) is 0 Å². The monoisotopic (exact) mass is 276 g/mol. The molecule has 1 nitrogen and oxygen atoms in total. The van der Waals surface area contributed by atoms with Crippen LogP contribution in [0.3, 0.4) is 0 Å².